The molecule has 1 fully saturated rings. The first-order valence-electron chi connectivity index (χ1n) is 6.62. The highest BCUT2D eigenvalue weighted by Gasteiger charge is 2.29. The second kappa shape index (κ2) is 5.28. The predicted octanol–water partition coefficient (Wildman–Crippen LogP) is 2.22. The lowest BCUT2D eigenvalue weighted by Gasteiger charge is -2.04. The van der Waals surface area contributed by atoms with Gasteiger partial charge >= 0.3 is 0 Å². The SMILES string of the molecule is NC(Cc1nc(Cc2cc(F)cc(F)c2)no1)C1CC1. The van der Waals surface area contributed by atoms with E-state index in [1.165, 1.54) is 12.1 Å². The number of rotatable bonds is 5. The second-order valence-electron chi connectivity index (χ2n) is 5.26. The van der Waals surface area contributed by atoms with Crippen LogP contribution in [0.15, 0.2) is 22.7 Å². The fraction of sp³-hybridized carbons (Fsp3) is 0.429. The minimum Gasteiger partial charge on any atom is -0.339 e. The van der Waals surface area contributed by atoms with Crippen molar-refractivity contribution in [3.63, 3.8) is 0 Å². The molecule has 0 saturated heterocycles. The number of aromatic nitrogens is 2. The van der Waals surface area contributed by atoms with Crippen LogP contribution < -0.4 is 5.73 Å². The molecule has 1 saturated carbocycles. The van der Waals surface area contributed by atoms with Gasteiger partial charge in [0.15, 0.2) is 5.82 Å². The molecule has 1 aromatic carbocycles. The smallest absolute Gasteiger partial charge is 0.228 e. The van der Waals surface area contributed by atoms with Crippen molar-refractivity contribution in [2.75, 3.05) is 0 Å². The molecule has 1 heterocycles. The molecule has 106 valence electrons. The van der Waals surface area contributed by atoms with Crippen LogP contribution in [0.25, 0.3) is 0 Å². The van der Waals surface area contributed by atoms with Crippen molar-refractivity contribution in [1.29, 1.82) is 0 Å². The summed E-state index contributed by atoms with van der Waals surface area (Å²) in [6.07, 6.45) is 3.10. The molecule has 20 heavy (non-hydrogen) atoms. The maximum Gasteiger partial charge on any atom is 0.228 e. The molecular formula is C14H15F2N3O. The number of nitrogens with zero attached hydrogens (tertiary/aromatic N) is 2. The maximum absolute atomic E-state index is 13.1. The third kappa shape index (κ3) is 3.19. The molecule has 0 spiro atoms. The standard InChI is InChI=1S/C14H15F2N3O/c15-10-3-8(4-11(16)6-10)5-13-18-14(20-19-13)7-12(17)9-1-2-9/h3-4,6,9,12H,1-2,5,7,17H2. The number of benzene rings is 1. The predicted molar refractivity (Wildman–Crippen MR) is 67.9 cm³/mol. The molecule has 6 heteroatoms. The Morgan fingerprint density at radius 1 is 1.25 bits per heavy atom. The molecule has 0 bridgehead atoms. The van der Waals surface area contributed by atoms with Crippen molar-refractivity contribution < 1.29 is 13.3 Å². The molecular weight excluding hydrogens is 264 g/mol. The molecule has 2 N–H and O–H groups in total. The van der Waals surface area contributed by atoms with Crippen molar-refractivity contribution in [3.05, 3.63) is 47.1 Å². The van der Waals surface area contributed by atoms with Crippen LogP contribution in [-0.2, 0) is 12.8 Å². The molecule has 0 radical (unpaired) electrons. The Bertz CT molecular complexity index is 590. The zero-order chi connectivity index (χ0) is 14.1. The zero-order valence-electron chi connectivity index (χ0n) is 10.9. The Balaban J connectivity index is 1.66. The normalized spacial score (nSPS) is 16.4. The van der Waals surface area contributed by atoms with Gasteiger partial charge in [0.1, 0.15) is 11.6 Å². The first-order valence-corrected chi connectivity index (χ1v) is 6.62. The first kappa shape index (κ1) is 13.2. The van der Waals surface area contributed by atoms with Crippen molar-refractivity contribution in [2.45, 2.75) is 31.7 Å². The van der Waals surface area contributed by atoms with Crippen LogP contribution in [0.1, 0.15) is 30.1 Å². The first-order chi connectivity index (χ1) is 9.60. The summed E-state index contributed by atoms with van der Waals surface area (Å²) in [6.45, 7) is 0. The van der Waals surface area contributed by atoms with Crippen molar-refractivity contribution >= 4 is 0 Å². The van der Waals surface area contributed by atoms with Crippen LogP contribution in [0, 0.1) is 17.6 Å². The quantitative estimate of drug-likeness (QED) is 0.911. The number of hydrogen-bond donors (Lipinski definition) is 1. The summed E-state index contributed by atoms with van der Waals surface area (Å²) >= 11 is 0. The van der Waals surface area contributed by atoms with E-state index in [1.807, 2.05) is 0 Å². The molecule has 1 unspecified atom stereocenters. The minimum absolute atomic E-state index is 0.0508. The molecule has 1 atom stereocenters. The highest BCUT2D eigenvalue weighted by molar-refractivity contribution is 5.21. The summed E-state index contributed by atoms with van der Waals surface area (Å²) in [5.41, 5.74) is 6.46. The lowest BCUT2D eigenvalue weighted by Crippen LogP contribution is -2.25. The molecule has 0 aliphatic heterocycles. The molecule has 2 aromatic rings. The van der Waals surface area contributed by atoms with E-state index >= 15 is 0 Å². The zero-order valence-corrected chi connectivity index (χ0v) is 10.9. The van der Waals surface area contributed by atoms with Crippen LogP contribution in [0.4, 0.5) is 8.78 Å². The summed E-state index contributed by atoms with van der Waals surface area (Å²) in [7, 11) is 0. The summed E-state index contributed by atoms with van der Waals surface area (Å²) in [4.78, 5) is 4.21. The van der Waals surface area contributed by atoms with E-state index < -0.39 is 11.6 Å². The van der Waals surface area contributed by atoms with Gasteiger partial charge in [0.2, 0.25) is 5.89 Å². The number of nitrogens with two attached hydrogens (primary N) is 1. The summed E-state index contributed by atoms with van der Waals surface area (Å²) in [6, 6.07) is 3.40. The van der Waals surface area contributed by atoms with Gasteiger partial charge in [-0.3, -0.25) is 0 Å². The third-order valence-electron chi connectivity index (χ3n) is 3.43. The lowest BCUT2D eigenvalue weighted by atomic mass is 10.1. The van der Waals surface area contributed by atoms with Gasteiger partial charge in [-0.15, -0.1) is 0 Å². The van der Waals surface area contributed by atoms with Gasteiger partial charge in [-0.05, 0) is 36.5 Å². The van der Waals surface area contributed by atoms with Crippen LogP contribution in [0.2, 0.25) is 0 Å². The Labute approximate surface area is 115 Å². The summed E-state index contributed by atoms with van der Waals surface area (Å²) < 4.78 is 31.3. The largest absolute Gasteiger partial charge is 0.339 e. The van der Waals surface area contributed by atoms with Gasteiger partial charge in [-0.25, -0.2) is 8.78 Å². The third-order valence-corrected chi connectivity index (χ3v) is 3.43. The topological polar surface area (TPSA) is 64.9 Å². The fourth-order valence-corrected chi connectivity index (χ4v) is 2.23. The van der Waals surface area contributed by atoms with Gasteiger partial charge in [-0.2, -0.15) is 4.98 Å². The monoisotopic (exact) mass is 279 g/mol. The van der Waals surface area contributed by atoms with Crippen molar-refractivity contribution in [1.82, 2.24) is 10.1 Å². The molecule has 4 nitrogen and oxygen atoms in total. The van der Waals surface area contributed by atoms with Gasteiger partial charge in [0, 0.05) is 24.9 Å². The Morgan fingerprint density at radius 2 is 1.95 bits per heavy atom. The second-order valence-corrected chi connectivity index (χ2v) is 5.26. The number of halogens is 2. The van der Waals surface area contributed by atoms with Gasteiger partial charge < -0.3 is 10.3 Å². The number of hydrogen-bond acceptors (Lipinski definition) is 4. The lowest BCUT2D eigenvalue weighted by molar-refractivity contribution is 0.359. The average Bonchev–Trinajstić information content (AvgIpc) is 3.12. The average molecular weight is 279 g/mol. The minimum atomic E-state index is -0.612. The van der Waals surface area contributed by atoms with E-state index in [2.05, 4.69) is 10.1 Å². The van der Waals surface area contributed by atoms with E-state index in [0.717, 1.165) is 18.9 Å². The van der Waals surface area contributed by atoms with E-state index in [1.54, 1.807) is 0 Å². The van der Waals surface area contributed by atoms with Crippen LogP contribution in [0.5, 0.6) is 0 Å². The molecule has 1 aliphatic rings. The van der Waals surface area contributed by atoms with Gasteiger partial charge in [0.25, 0.3) is 0 Å². The molecule has 3 rings (SSSR count). The molecule has 1 aliphatic carbocycles. The van der Waals surface area contributed by atoms with Crippen molar-refractivity contribution in [3.8, 4) is 0 Å². The van der Waals surface area contributed by atoms with Gasteiger partial charge in [0.05, 0.1) is 0 Å². The van der Waals surface area contributed by atoms with E-state index in [-0.39, 0.29) is 12.5 Å². The van der Waals surface area contributed by atoms with E-state index in [4.69, 9.17) is 10.3 Å². The van der Waals surface area contributed by atoms with Crippen molar-refractivity contribution in [2.24, 2.45) is 11.7 Å². The molecule has 1 aromatic heterocycles. The molecule has 0 amide bonds. The van der Waals surface area contributed by atoms with Gasteiger partial charge in [-0.1, -0.05) is 5.16 Å². The van der Waals surface area contributed by atoms with Crippen LogP contribution in [0.3, 0.4) is 0 Å². The Hall–Kier alpha value is -1.82. The van der Waals surface area contributed by atoms with E-state index in [9.17, 15) is 8.78 Å². The summed E-state index contributed by atoms with van der Waals surface area (Å²) in [5.74, 6) is 0.228. The summed E-state index contributed by atoms with van der Waals surface area (Å²) in [5, 5.41) is 3.82. The Kier molecular flexibility index (Phi) is 3.48. The Morgan fingerprint density at radius 3 is 2.60 bits per heavy atom. The van der Waals surface area contributed by atoms with Crippen LogP contribution >= 0.6 is 0 Å². The van der Waals surface area contributed by atoms with Crippen LogP contribution in [-0.4, -0.2) is 16.2 Å². The highest BCUT2D eigenvalue weighted by Crippen LogP contribution is 2.32. The highest BCUT2D eigenvalue weighted by atomic mass is 19.1. The fourth-order valence-electron chi connectivity index (χ4n) is 2.23. The maximum atomic E-state index is 13.1. The van der Waals surface area contributed by atoms with E-state index in [0.29, 0.717) is 29.6 Å².